The number of benzene rings is 1. The molecule has 4 N–H and O–H groups in total. The molecule has 146 valence electrons. The fourth-order valence-electron chi connectivity index (χ4n) is 2.92. The van der Waals surface area contributed by atoms with Crippen molar-refractivity contribution in [3.8, 4) is 0 Å². The van der Waals surface area contributed by atoms with Crippen molar-refractivity contribution in [3.05, 3.63) is 35.9 Å². The smallest absolute Gasteiger partial charge is 0.223 e. The van der Waals surface area contributed by atoms with E-state index in [1.165, 1.54) is 0 Å². The molecule has 0 radical (unpaired) electrons. The molecule has 1 aromatic carbocycles. The number of amides is 1. The molecule has 3 atom stereocenters. The minimum Gasteiger partial charge on any atom is -0.384 e. The maximum absolute atomic E-state index is 12.5. The van der Waals surface area contributed by atoms with Crippen LogP contribution in [0, 0.1) is 11.8 Å². The molecule has 0 spiro atoms. The van der Waals surface area contributed by atoms with Gasteiger partial charge < -0.3 is 16.2 Å². The van der Waals surface area contributed by atoms with Gasteiger partial charge in [-0.15, -0.1) is 0 Å². The molecule has 0 aliphatic heterocycles. The molecule has 0 fully saturated rings. The van der Waals surface area contributed by atoms with Crippen LogP contribution in [0.5, 0.6) is 0 Å². The molecule has 1 aromatic rings. The first kappa shape index (κ1) is 22.3. The summed E-state index contributed by atoms with van der Waals surface area (Å²) in [6, 6.07) is 8.83. The fraction of sp³-hybridized carbons (Fsp3) is 0.619. The topological polar surface area (TPSA) is 92.4 Å². The number of Topliss-reactive ketones (excluding diaryl/α,β-unsaturated/α-hetero) is 1. The third kappa shape index (κ3) is 8.11. The van der Waals surface area contributed by atoms with Crippen LogP contribution < -0.4 is 11.1 Å². The standard InChI is InChI=1S/C21H34N2O3/c1-14(2)11-16(20(26)23-21(3,4)5)13-18(24)19(25)17(22)12-15-9-7-6-8-10-15/h6-10,14,16-17,19,25H,11-13,22H2,1-5H3,(H,23,26)/t16-,17-,19+/m1/s1. The highest BCUT2D eigenvalue weighted by molar-refractivity contribution is 5.89. The number of aliphatic hydroxyl groups is 1. The van der Waals surface area contributed by atoms with Gasteiger partial charge in [-0.05, 0) is 45.1 Å². The maximum atomic E-state index is 12.5. The summed E-state index contributed by atoms with van der Waals surface area (Å²) in [4.78, 5) is 25.1. The van der Waals surface area contributed by atoms with E-state index in [4.69, 9.17) is 5.73 Å². The first-order chi connectivity index (χ1) is 12.0. The van der Waals surface area contributed by atoms with Gasteiger partial charge in [0.15, 0.2) is 5.78 Å². The number of nitrogens with one attached hydrogen (secondary N) is 1. The third-order valence-corrected chi connectivity index (χ3v) is 4.12. The Hall–Kier alpha value is -1.72. The normalized spacial score (nSPS) is 15.4. The van der Waals surface area contributed by atoms with Gasteiger partial charge in [0.2, 0.25) is 5.91 Å². The van der Waals surface area contributed by atoms with E-state index in [0.29, 0.717) is 12.8 Å². The predicted molar refractivity (Wildman–Crippen MR) is 105 cm³/mol. The number of carbonyl (C=O) groups is 2. The quantitative estimate of drug-likeness (QED) is 0.629. The Labute approximate surface area is 157 Å². The van der Waals surface area contributed by atoms with Crippen molar-refractivity contribution >= 4 is 11.7 Å². The third-order valence-electron chi connectivity index (χ3n) is 4.12. The summed E-state index contributed by atoms with van der Waals surface area (Å²) >= 11 is 0. The van der Waals surface area contributed by atoms with Gasteiger partial charge >= 0.3 is 0 Å². The van der Waals surface area contributed by atoms with Crippen LogP contribution in [0.2, 0.25) is 0 Å². The molecule has 0 heterocycles. The number of hydrogen-bond acceptors (Lipinski definition) is 4. The number of rotatable bonds is 9. The first-order valence-electron chi connectivity index (χ1n) is 9.32. The lowest BCUT2D eigenvalue weighted by Gasteiger charge is -2.26. The fourth-order valence-corrected chi connectivity index (χ4v) is 2.92. The monoisotopic (exact) mass is 362 g/mol. The van der Waals surface area contributed by atoms with E-state index in [2.05, 4.69) is 5.32 Å². The van der Waals surface area contributed by atoms with Crippen LogP contribution in [0.25, 0.3) is 0 Å². The summed E-state index contributed by atoms with van der Waals surface area (Å²) in [5.74, 6) is -0.708. The van der Waals surface area contributed by atoms with Crippen LogP contribution in [0.3, 0.4) is 0 Å². The molecule has 0 aliphatic carbocycles. The number of aliphatic hydroxyl groups excluding tert-OH is 1. The van der Waals surface area contributed by atoms with E-state index in [1.807, 2.05) is 65.0 Å². The van der Waals surface area contributed by atoms with Gasteiger partial charge in [0.05, 0.1) is 0 Å². The number of ketones is 1. The molecular weight excluding hydrogens is 328 g/mol. The molecule has 0 aliphatic rings. The lowest BCUT2D eigenvalue weighted by atomic mass is 9.88. The van der Waals surface area contributed by atoms with Gasteiger partial charge in [0.25, 0.3) is 0 Å². The van der Waals surface area contributed by atoms with Crippen LogP contribution in [0.1, 0.15) is 53.0 Å². The van der Waals surface area contributed by atoms with Gasteiger partial charge in [-0.1, -0.05) is 44.2 Å². The minimum absolute atomic E-state index is 0.00372. The highest BCUT2D eigenvalue weighted by Gasteiger charge is 2.30. The van der Waals surface area contributed by atoms with E-state index >= 15 is 0 Å². The number of hydrogen-bond donors (Lipinski definition) is 3. The van der Waals surface area contributed by atoms with Crippen LogP contribution in [0.4, 0.5) is 0 Å². The summed E-state index contributed by atoms with van der Waals surface area (Å²) in [7, 11) is 0. The Bertz CT molecular complexity index is 579. The highest BCUT2D eigenvalue weighted by atomic mass is 16.3. The Morgan fingerprint density at radius 1 is 1.15 bits per heavy atom. The molecule has 26 heavy (non-hydrogen) atoms. The van der Waals surface area contributed by atoms with Crippen molar-refractivity contribution in [1.82, 2.24) is 5.32 Å². The summed E-state index contributed by atoms with van der Waals surface area (Å²) < 4.78 is 0. The van der Waals surface area contributed by atoms with Crippen LogP contribution in [-0.4, -0.2) is 34.5 Å². The molecule has 1 rings (SSSR count). The average Bonchev–Trinajstić information content (AvgIpc) is 2.52. The number of carbonyl (C=O) groups excluding carboxylic acids is 2. The van der Waals surface area contributed by atoms with Crippen LogP contribution in [0.15, 0.2) is 30.3 Å². The zero-order valence-corrected chi connectivity index (χ0v) is 16.7. The second-order valence-corrected chi connectivity index (χ2v) is 8.53. The van der Waals surface area contributed by atoms with Crippen molar-refractivity contribution in [3.63, 3.8) is 0 Å². The Kier molecular flexibility index (Phi) is 8.44. The van der Waals surface area contributed by atoms with Crippen molar-refractivity contribution in [2.24, 2.45) is 17.6 Å². The lowest BCUT2D eigenvalue weighted by Crippen LogP contribution is -2.47. The second-order valence-electron chi connectivity index (χ2n) is 8.53. The molecule has 1 amide bonds. The zero-order valence-electron chi connectivity index (χ0n) is 16.7. The molecule has 0 saturated heterocycles. The largest absolute Gasteiger partial charge is 0.384 e. The van der Waals surface area contributed by atoms with Crippen molar-refractivity contribution < 1.29 is 14.7 Å². The van der Waals surface area contributed by atoms with Crippen molar-refractivity contribution in [2.75, 3.05) is 0 Å². The van der Waals surface area contributed by atoms with E-state index in [-0.39, 0.29) is 29.6 Å². The number of nitrogens with two attached hydrogens (primary N) is 1. The predicted octanol–water partition coefficient (Wildman–Crippen LogP) is 2.45. The summed E-state index contributed by atoms with van der Waals surface area (Å²) in [6.45, 7) is 9.75. The van der Waals surface area contributed by atoms with Crippen LogP contribution >= 0.6 is 0 Å². The molecule has 0 saturated carbocycles. The van der Waals surface area contributed by atoms with Gasteiger partial charge in [0.1, 0.15) is 6.10 Å². The second kappa shape index (κ2) is 9.83. The Balaban J connectivity index is 2.73. The molecule has 5 nitrogen and oxygen atoms in total. The molecule has 0 unspecified atom stereocenters. The summed E-state index contributed by atoms with van der Waals surface area (Å²) in [5.41, 5.74) is 6.64. The Morgan fingerprint density at radius 3 is 2.23 bits per heavy atom. The van der Waals surface area contributed by atoms with Crippen molar-refractivity contribution in [2.45, 2.75) is 71.6 Å². The molecule has 0 bridgehead atoms. The first-order valence-corrected chi connectivity index (χ1v) is 9.32. The lowest BCUT2D eigenvalue weighted by molar-refractivity contribution is -0.135. The van der Waals surface area contributed by atoms with Gasteiger partial charge in [-0.25, -0.2) is 0 Å². The summed E-state index contributed by atoms with van der Waals surface area (Å²) in [5, 5.41) is 13.3. The highest BCUT2D eigenvalue weighted by Crippen LogP contribution is 2.19. The molecule has 0 aromatic heterocycles. The van der Waals surface area contributed by atoms with E-state index < -0.39 is 18.1 Å². The molecule has 5 heteroatoms. The van der Waals surface area contributed by atoms with Gasteiger partial charge in [-0.3, -0.25) is 9.59 Å². The van der Waals surface area contributed by atoms with Gasteiger partial charge in [-0.2, -0.15) is 0 Å². The van der Waals surface area contributed by atoms with Gasteiger partial charge in [0, 0.05) is 23.9 Å². The maximum Gasteiger partial charge on any atom is 0.223 e. The van der Waals surface area contributed by atoms with E-state index in [0.717, 1.165) is 5.56 Å². The van der Waals surface area contributed by atoms with Crippen LogP contribution in [-0.2, 0) is 16.0 Å². The summed E-state index contributed by atoms with van der Waals surface area (Å²) in [6.07, 6.45) is -0.262. The molecular formula is C21H34N2O3. The SMILES string of the molecule is CC(C)C[C@H](CC(=O)[C@@H](O)[C@H](N)Cc1ccccc1)C(=O)NC(C)(C)C. The zero-order chi connectivity index (χ0) is 19.9. The van der Waals surface area contributed by atoms with E-state index in [1.54, 1.807) is 0 Å². The van der Waals surface area contributed by atoms with Crippen molar-refractivity contribution in [1.29, 1.82) is 0 Å². The average molecular weight is 363 g/mol. The Morgan fingerprint density at radius 2 is 1.73 bits per heavy atom. The van der Waals surface area contributed by atoms with E-state index in [9.17, 15) is 14.7 Å². The minimum atomic E-state index is -1.27.